The maximum absolute atomic E-state index is 6.28. The maximum atomic E-state index is 6.28. The molecule has 2 aliphatic carbocycles. The Morgan fingerprint density at radius 1 is 1.38 bits per heavy atom. The Labute approximate surface area is 127 Å². The molecule has 1 N–H and O–H groups in total. The molecular weight excluding hydrogens is 262 g/mol. The Hall–Kier alpha value is -1.32. The molecule has 0 saturated heterocycles. The van der Waals surface area contributed by atoms with Crippen molar-refractivity contribution in [1.82, 2.24) is 9.97 Å². The highest BCUT2D eigenvalue weighted by molar-refractivity contribution is 5.27. The lowest BCUT2D eigenvalue weighted by atomic mass is 9.70. The number of hydrogen-bond donors (Lipinski definition) is 1. The van der Waals surface area contributed by atoms with Gasteiger partial charge in [0.1, 0.15) is 6.10 Å². The van der Waals surface area contributed by atoms with Gasteiger partial charge in [-0.05, 0) is 37.0 Å². The predicted octanol–water partition coefficient (Wildman–Crippen LogP) is 3.89. The smallest absolute Gasteiger partial charge is 0.225 e. The zero-order chi connectivity index (χ0) is 15.1. The largest absolute Gasteiger partial charge is 0.474 e. The summed E-state index contributed by atoms with van der Waals surface area (Å²) in [5.41, 5.74) is 0.633. The topological polar surface area (TPSA) is 47.0 Å². The van der Waals surface area contributed by atoms with E-state index in [4.69, 9.17) is 4.74 Å². The minimum atomic E-state index is 0.264. The van der Waals surface area contributed by atoms with Crippen LogP contribution in [0, 0.1) is 16.7 Å². The lowest BCUT2D eigenvalue weighted by Crippen LogP contribution is -2.39. The zero-order valence-electron chi connectivity index (χ0n) is 13.6. The third-order valence-electron chi connectivity index (χ3n) is 6.14. The molecule has 3 rings (SSSR count). The minimum absolute atomic E-state index is 0.264. The van der Waals surface area contributed by atoms with Gasteiger partial charge in [0.15, 0.2) is 0 Å². The lowest BCUT2D eigenvalue weighted by molar-refractivity contribution is 0.0273. The Bertz CT molecular complexity index is 517. The summed E-state index contributed by atoms with van der Waals surface area (Å²) in [5.74, 6) is 2.16. The summed E-state index contributed by atoms with van der Waals surface area (Å²) in [6.45, 7) is 10.2. The summed E-state index contributed by atoms with van der Waals surface area (Å²) in [6, 6.07) is 1.87. The Balaban J connectivity index is 1.73. The van der Waals surface area contributed by atoms with Crippen LogP contribution in [0.5, 0.6) is 5.88 Å². The van der Waals surface area contributed by atoms with Crippen LogP contribution < -0.4 is 10.1 Å². The van der Waals surface area contributed by atoms with E-state index >= 15 is 0 Å². The first kappa shape index (κ1) is 14.6. The molecule has 4 heteroatoms. The van der Waals surface area contributed by atoms with Crippen molar-refractivity contribution >= 4 is 5.95 Å². The fraction of sp³-hybridized carbons (Fsp3) is 0.765. The number of ether oxygens (including phenoxy) is 1. The first-order valence-electron chi connectivity index (χ1n) is 8.21. The molecule has 2 fully saturated rings. The highest BCUT2D eigenvalue weighted by atomic mass is 16.5. The fourth-order valence-electron chi connectivity index (χ4n) is 4.18. The van der Waals surface area contributed by atoms with Crippen LogP contribution in [0.25, 0.3) is 0 Å². The molecule has 1 aromatic rings. The van der Waals surface area contributed by atoms with E-state index in [0.29, 0.717) is 17.2 Å². The van der Waals surface area contributed by atoms with E-state index in [0.717, 1.165) is 25.3 Å². The molecule has 21 heavy (non-hydrogen) atoms. The molecule has 1 aromatic heterocycles. The monoisotopic (exact) mass is 289 g/mol. The number of hydrogen-bond acceptors (Lipinski definition) is 4. The van der Waals surface area contributed by atoms with E-state index in [1.54, 1.807) is 6.20 Å². The molecule has 1 heterocycles. The molecule has 116 valence electrons. The average Bonchev–Trinajstić information content (AvgIpc) is 2.79. The summed E-state index contributed by atoms with van der Waals surface area (Å²) >= 11 is 0. The summed E-state index contributed by atoms with van der Waals surface area (Å²) in [5, 5.41) is 3.22. The zero-order valence-corrected chi connectivity index (χ0v) is 13.6. The number of aromatic nitrogens is 2. The second-order valence-corrected chi connectivity index (χ2v) is 7.36. The van der Waals surface area contributed by atoms with Crippen LogP contribution in [0.2, 0.25) is 0 Å². The summed E-state index contributed by atoms with van der Waals surface area (Å²) in [4.78, 5) is 8.73. The van der Waals surface area contributed by atoms with E-state index in [1.807, 2.05) is 6.07 Å². The van der Waals surface area contributed by atoms with Gasteiger partial charge in [-0.2, -0.15) is 4.98 Å². The van der Waals surface area contributed by atoms with Crippen LogP contribution in [-0.2, 0) is 0 Å². The number of rotatable bonds is 5. The van der Waals surface area contributed by atoms with Crippen molar-refractivity contribution in [2.45, 2.75) is 59.5 Å². The third kappa shape index (κ3) is 2.29. The van der Waals surface area contributed by atoms with E-state index in [-0.39, 0.29) is 11.5 Å². The van der Waals surface area contributed by atoms with Crippen LogP contribution >= 0.6 is 0 Å². The Kier molecular flexibility index (Phi) is 3.58. The quantitative estimate of drug-likeness (QED) is 0.893. The van der Waals surface area contributed by atoms with E-state index in [9.17, 15) is 0 Å². The predicted molar refractivity (Wildman–Crippen MR) is 84.5 cm³/mol. The van der Waals surface area contributed by atoms with Gasteiger partial charge >= 0.3 is 0 Å². The second kappa shape index (κ2) is 5.15. The van der Waals surface area contributed by atoms with Crippen molar-refractivity contribution in [3.63, 3.8) is 0 Å². The number of anilines is 1. The normalized spacial score (nSPS) is 33.1. The fourth-order valence-corrected chi connectivity index (χ4v) is 4.18. The molecule has 0 radical (unpaired) electrons. The molecular formula is C17H27N3O. The summed E-state index contributed by atoms with van der Waals surface area (Å²) in [7, 11) is 0. The van der Waals surface area contributed by atoms with Gasteiger partial charge in [0.2, 0.25) is 11.8 Å². The van der Waals surface area contributed by atoms with Crippen molar-refractivity contribution in [1.29, 1.82) is 0 Å². The first-order chi connectivity index (χ1) is 9.97. The van der Waals surface area contributed by atoms with Gasteiger partial charge in [0, 0.05) is 24.2 Å². The average molecular weight is 289 g/mol. The van der Waals surface area contributed by atoms with E-state index in [2.05, 4.69) is 43.0 Å². The van der Waals surface area contributed by atoms with Gasteiger partial charge in [-0.1, -0.05) is 27.7 Å². The van der Waals surface area contributed by atoms with Gasteiger partial charge in [-0.25, -0.2) is 4.98 Å². The minimum Gasteiger partial charge on any atom is -0.474 e. The van der Waals surface area contributed by atoms with Crippen molar-refractivity contribution in [3.05, 3.63) is 12.3 Å². The van der Waals surface area contributed by atoms with E-state index < -0.39 is 0 Å². The van der Waals surface area contributed by atoms with Gasteiger partial charge in [-0.15, -0.1) is 0 Å². The maximum Gasteiger partial charge on any atom is 0.225 e. The third-order valence-corrected chi connectivity index (χ3v) is 6.14. The van der Waals surface area contributed by atoms with Crippen LogP contribution in [0.1, 0.15) is 53.4 Å². The van der Waals surface area contributed by atoms with Crippen molar-refractivity contribution < 1.29 is 4.74 Å². The Morgan fingerprint density at radius 3 is 2.81 bits per heavy atom. The van der Waals surface area contributed by atoms with Crippen molar-refractivity contribution in [2.75, 3.05) is 11.9 Å². The van der Waals surface area contributed by atoms with Crippen molar-refractivity contribution in [2.24, 2.45) is 16.7 Å². The van der Waals surface area contributed by atoms with Crippen LogP contribution in [-0.4, -0.2) is 22.6 Å². The molecule has 2 bridgehead atoms. The highest BCUT2D eigenvalue weighted by Gasteiger charge is 2.62. The molecule has 3 unspecified atom stereocenters. The molecule has 0 amide bonds. The van der Waals surface area contributed by atoms with E-state index in [1.165, 1.54) is 12.8 Å². The van der Waals surface area contributed by atoms with Crippen LogP contribution in [0.3, 0.4) is 0 Å². The number of nitrogens with zero attached hydrogens (tertiary/aromatic N) is 2. The second-order valence-electron chi connectivity index (χ2n) is 7.36. The van der Waals surface area contributed by atoms with Gasteiger partial charge in [0.25, 0.3) is 0 Å². The molecule has 2 aliphatic rings. The van der Waals surface area contributed by atoms with Gasteiger partial charge in [-0.3, -0.25) is 0 Å². The SMILES string of the molecule is CCCNc1nccc(OC2CC3CCC2(C)C3(C)C)n1. The molecule has 0 spiro atoms. The van der Waals surface area contributed by atoms with Crippen LogP contribution in [0.4, 0.5) is 5.95 Å². The first-order valence-corrected chi connectivity index (χ1v) is 8.21. The van der Waals surface area contributed by atoms with Gasteiger partial charge < -0.3 is 10.1 Å². The van der Waals surface area contributed by atoms with Crippen molar-refractivity contribution in [3.8, 4) is 5.88 Å². The molecule has 0 aromatic carbocycles. The molecule has 4 nitrogen and oxygen atoms in total. The summed E-state index contributed by atoms with van der Waals surface area (Å²) in [6.07, 6.45) is 6.88. The van der Waals surface area contributed by atoms with Gasteiger partial charge in [0.05, 0.1) is 0 Å². The number of nitrogens with one attached hydrogen (secondary N) is 1. The standard InChI is InChI=1S/C17H27N3O/c1-5-9-18-15-19-10-7-14(20-15)21-13-11-12-6-8-17(13,4)16(12,2)3/h7,10,12-13H,5-6,8-9,11H2,1-4H3,(H,18,19,20). The Morgan fingerprint density at radius 2 is 2.19 bits per heavy atom. The molecule has 3 atom stereocenters. The summed E-state index contributed by atoms with van der Waals surface area (Å²) < 4.78 is 6.28. The number of fused-ring (bicyclic) bond motifs is 2. The highest BCUT2D eigenvalue weighted by Crippen LogP contribution is 2.66. The van der Waals surface area contributed by atoms with Crippen LogP contribution in [0.15, 0.2) is 12.3 Å². The lowest BCUT2D eigenvalue weighted by Gasteiger charge is -2.38. The molecule has 2 saturated carbocycles. The molecule has 0 aliphatic heterocycles.